The molecule has 9 heteroatoms. The van der Waals surface area contributed by atoms with E-state index in [9.17, 15) is 18.0 Å². The number of aryl methyl sites for hydroxylation is 1. The summed E-state index contributed by atoms with van der Waals surface area (Å²) in [5.41, 5.74) is 3.16. The Morgan fingerprint density at radius 3 is 2.40 bits per heavy atom. The minimum atomic E-state index is -4.06. The molecule has 0 aromatic heterocycles. The number of carboxylic acids is 1. The fraction of sp³-hybridized carbons (Fsp3) is 0.154. The van der Waals surface area contributed by atoms with Crippen LogP contribution in [-0.2, 0) is 26.2 Å². The zero-order chi connectivity index (χ0) is 25.6. The maximum absolute atomic E-state index is 13.5. The molecule has 3 rings (SSSR count). The van der Waals surface area contributed by atoms with Gasteiger partial charge in [-0.3, -0.25) is 9.10 Å². The fourth-order valence-corrected chi connectivity index (χ4v) is 5.01. The Morgan fingerprint density at radius 2 is 1.71 bits per heavy atom. The van der Waals surface area contributed by atoms with E-state index in [1.807, 2.05) is 6.92 Å². The molecule has 0 saturated carbocycles. The largest absolute Gasteiger partial charge is 0.478 e. The highest BCUT2D eigenvalue weighted by Crippen LogP contribution is 2.30. The highest BCUT2D eigenvalue weighted by atomic mass is 35.5. The Morgan fingerprint density at radius 1 is 1.03 bits per heavy atom. The van der Waals surface area contributed by atoms with Gasteiger partial charge in [0.25, 0.3) is 10.0 Å². The fourth-order valence-electron chi connectivity index (χ4n) is 3.36. The lowest BCUT2D eigenvalue weighted by atomic mass is 10.1. The topological polar surface area (TPSA) is 104 Å². The van der Waals surface area contributed by atoms with Gasteiger partial charge in [0.2, 0.25) is 5.91 Å². The van der Waals surface area contributed by atoms with Crippen LogP contribution in [0.3, 0.4) is 0 Å². The molecule has 1 amide bonds. The first-order chi connectivity index (χ1) is 16.6. The molecular weight excluding hydrogens is 488 g/mol. The van der Waals surface area contributed by atoms with Crippen molar-refractivity contribution in [1.29, 1.82) is 0 Å². The van der Waals surface area contributed by atoms with Crippen molar-refractivity contribution in [3.05, 3.63) is 100 Å². The minimum absolute atomic E-state index is 0.0631. The number of benzene rings is 3. The lowest BCUT2D eigenvalue weighted by molar-refractivity contribution is -0.131. The standard InChI is InChI=1S/C26H25ClN2O5S/c1-18-9-12-22(13-10-18)35(33,34)29(24-8-4-7-23(27)19(24)2)17-25(30)28-16-21-6-3-5-20(15-21)11-14-26(31)32/h3-15H,16-17H2,1-2H3,(H,28,30)(H,31,32). The zero-order valence-corrected chi connectivity index (χ0v) is 20.8. The molecule has 0 aliphatic heterocycles. The van der Waals surface area contributed by atoms with Crippen LogP contribution in [0.15, 0.2) is 77.7 Å². The van der Waals surface area contributed by atoms with E-state index in [0.29, 0.717) is 21.8 Å². The summed E-state index contributed by atoms with van der Waals surface area (Å²) in [5, 5.41) is 11.9. The SMILES string of the molecule is Cc1ccc(S(=O)(=O)N(CC(=O)NCc2cccc(C=CC(=O)O)c2)c2cccc(Cl)c2C)cc1. The molecule has 7 nitrogen and oxygen atoms in total. The quantitative estimate of drug-likeness (QED) is 0.409. The maximum atomic E-state index is 13.5. The van der Waals surface area contributed by atoms with Crippen molar-refractivity contribution in [2.45, 2.75) is 25.3 Å². The van der Waals surface area contributed by atoms with Gasteiger partial charge < -0.3 is 10.4 Å². The smallest absolute Gasteiger partial charge is 0.328 e. The predicted molar refractivity (Wildman–Crippen MR) is 137 cm³/mol. The molecule has 182 valence electrons. The molecule has 3 aromatic rings. The average molecular weight is 513 g/mol. The lowest BCUT2D eigenvalue weighted by Crippen LogP contribution is -2.41. The number of nitrogens with one attached hydrogen (secondary N) is 1. The molecule has 2 N–H and O–H groups in total. The van der Waals surface area contributed by atoms with E-state index in [1.54, 1.807) is 61.5 Å². The second kappa shape index (κ2) is 11.2. The first kappa shape index (κ1) is 26.0. The van der Waals surface area contributed by atoms with Gasteiger partial charge in [-0.15, -0.1) is 0 Å². The van der Waals surface area contributed by atoms with E-state index in [1.165, 1.54) is 18.2 Å². The number of anilines is 1. The number of carboxylic acid groups (broad SMARTS) is 1. The van der Waals surface area contributed by atoms with Crippen LogP contribution in [-0.4, -0.2) is 31.9 Å². The van der Waals surface area contributed by atoms with Gasteiger partial charge in [-0.25, -0.2) is 13.2 Å². The van der Waals surface area contributed by atoms with Gasteiger partial charge in [0.15, 0.2) is 0 Å². The molecule has 0 aliphatic carbocycles. The third kappa shape index (κ3) is 6.71. The zero-order valence-electron chi connectivity index (χ0n) is 19.2. The first-order valence-electron chi connectivity index (χ1n) is 10.7. The Hall–Kier alpha value is -3.62. The summed E-state index contributed by atoms with van der Waals surface area (Å²) in [7, 11) is -4.06. The number of aliphatic carboxylic acids is 1. The van der Waals surface area contributed by atoms with Crippen molar-refractivity contribution in [2.24, 2.45) is 0 Å². The van der Waals surface area contributed by atoms with Gasteiger partial charge in [0.1, 0.15) is 6.54 Å². The van der Waals surface area contributed by atoms with Crippen LogP contribution >= 0.6 is 11.6 Å². The van der Waals surface area contributed by atoms with Crippen LogP contribution < -0.4 is 9.62 Å². The first-order valence-corrected chi connectivity index (χ1v) is 12.5. The number of carbonyl (C=O) groups is 2. The van der Waals surface area contributed by atoms with Gasteiger partial charge >= 0.3 is 5.97 Å². The molecule has 3 aromatic carbocycles. The summed E-state index contributed by atoms with van der Waals surface area (Å²) < 4.78 is 28.1. The van der Waals surface area contributed by atoms with Crippen molar-refractivity contribution >= 4 is 45.3 Å². The van der Waals surface area contributed by atoms with E-state index in [4.69, 9.17) is 16.7 Å². The van der Waals surface area contributed by atoms with Crippen LogP contribution in [0.4, 0.5) is 5.69 Å². The number of carbonyl (C=O) groups excluding carboxylic acids is 1. The van der Waals surface area contributed by atoms with Crippen molar-refractivity contribution in [3.63, 3.8) is 0 Å². The summed E-state index contributed by atoms with van der Waals surface area (Å²) in [6.07, 6.45) is 2.48. The van der Waals surface area contributed by atoms with Crippen LogP contribution in [0, 0.1) is 13.8 Å². The van der Waals surface area contributed by atoms with Crippen LogP contribution in [0.1, 0.15) is 22.3 Å². The summed E-state index contributed by atoms with van der Waals surface area (Å²) >= 11 is 6.25. The summed E-state index contributed by atoms with van der Waals surface area (Å²) in [4.78, 5) is 23.7. The molecular formula is C26H25ClN2O5S. The average Bonchev–Trinajstić information content (AvgIpc) is 2.82. The number of rotatable bonds is 9. The van der Waals surface area contributed by atoms with Crippen LogP contribution in [0.5, 0.6) is 0 Å². The minimum Gasteiger partial charge on any atom is -0.478 e. The van der Waals surface area contributed by atoms with Crippen LogP contribution in [0.25, 0.3) is 6.08 Å². The van der Waals surface area contributed by atoms with Crippen LogP contribution in [0.2, 0.25) is 5.02 Å². The molecule has 0 saturated heterocycles. The number of hydrogen-bond acceptors (Lipinski definition) is 4. The maximum Gasteiger partial charge on any atom is 0.328 e. The van der Waals surface area contributed by atoms with Gasteiger partial charge in [0.05, 0.1) is 10.6 Å². The summed E-state index contributed by atoms with van der Waals surface area (Å²) in [6.45, 7) is 3.25. The van der Waals surface area contributed by atoms with Gasteiger partial charge in [0, 0.05) is 17.6 Å². The van der Waals surface area contributed by atoms with Crippen molar-refractivity contribution in [1.82, 2.24) is 5.32 Å². The molecule has 0 radical (unpaired) electrons. The van der Waals surface area contributed by atoms with Crippen molar-refractivity contribution in [3.8, 4) is 0 Å². The molecule has 0 bridgehead atoms. The Labute approximate surface area is 209 Å². The van der Waals surface area contributed by atoms with E-state index in [2.05, 4.69) is 5.32 Å². The van der Waals surface area contributed by atoms with E-state index in [0.717, 1.165) is 21.5 Å². The lowest BCUT2D eigenvalue weighted by Gasteiger charge is -2.26. The molecule has 0 unspecified atom stereocenters. The predicted octanol–water partition coefficient (Wildman–Crippen LogP) is 4.57. The molecule has 0 aliphatic rings. The summed E-state index contributed by atoms with van der Waals surface area (Å²) in [6, 6.07) is 18.3. The number of nitrogens with zero attached hydrogens (tertiary/aromatic N) is 1. The number of hydrogen-bond donors (Lipinski definition) is 2. The Kier molecular flexibility index (Phi) is 8.32. The molecule has 0 fully saturated rings. The number of amides is 1. The normalized spacial score (nSPS) is 11.4. The Bertz CT molecular complexity index is 1370. The Balaban J connectivity index is 1.85. The second-order valence-corrected chi connectivity index (χ2v) is 10.2. The second-order valence-electron chi connectivity index (χ2n) is 7.90. The van der Waals surface area contributed by atoms with Gasteiger partial charge in [-0.05, 0) is 66.9 Å². The number of sulfonamides is 1. The summed E-state index contributed by atoms with van der Waals surface area (Å²) in [5.74, 6) is -1.57. The molecule has 0 atom stereocenters. The molecule has 35 heavy (non-hydrogen) atoms. The van der Waals surface area contributed by atoms with E-state index < -0.39 is 28.4 Å². The number of halogens is 1. The monoisotopic (exact) mass is 512 g/mol. The van der Waals surface area contributed by atoms with E-state index in [-0.39, 0.29) is 11.4 Å². The molecule has 0 heterocycles. The molecule has 0 spiro atoms. The van der Waals surface area contributed by atoms with Gasteiger partial charge in [-0.1, -0.05) is 53.6 Å². The third-order valence-electron chi connectivity index (χ3n) is 5.26. The third-order valence-corrected chi connectivity index (χ3v) is 7.45. The van der Waals surface area contributed by atoms with E-state index >= 15 is 0 Å². The van der Waals surface area contributed by atoms with Gasteiger partial charge in [-0.2, -0.15) is 0 Å². The van der Waals surface area contributed by atoms with Crippen molar-refractivity contribution in [2.75, 3.05) is 10.8 Å². The van der Waals surface area contributed by atoms with Crippen molar-refractivity contribution < 1.29 is 23.1 Å². The highest BCUT2D eigenvalue weighted by Gasteiger charge is 2.28. The highest BCUT2D eigenvalue weighted by molar-refractivity contribution is 7.92.